The van der Waals surface area contributed by atoms with Gasteiger partial charge < -0.3 is 11.5 Å². The van der Waals surface area contributed by atoms with Crippen molar-refractivity contribution >= 4 is 5.91 Å². The van der Waals surface area contributed by atoms with E-state index in [1.807, 2.05) is 6.92 Å². The fourth-order valence-corrected chi connectivity index (χ4v) is 1.10. The maximum absolute atomic E-state index is 11.1. The third-order valence-electron chi connectivity index (χ3n) is 1.77. The van der Waals surface area contributed by atoms with E-state index in [1.165, 1.54) is 0 Å². The lowest BCUT2D eigenvalue weighted by molar-refractivity contribution is -0.115. The monoisotopic (exact) mass is 184 g/mol. The molecule has 0 fully saturated rings. The lowest BCUT2D eigenvalue weighted by Crippen LogP contribution is -2.22. The van der Waals surface area contributed by atoms with Crippen LogP contribution in [0.2, 0.25) is 0 Å². The van der Waals surface area contributed by atoms with Crippen LogP contribution in [0.3, 0.4) is 0 Å². The van der Waals surface area contributed by atoms with Crippen LogP contribution >= 0.6 is 0 Å². The highest BCUT2D eigenvalue weighted by atomic mass is 16.1. The fourth-order valence-electron chi connectivity index (χ4n) is 1.10. The number of nitrogens with two attached hydrogens (primary N) is 2. The highest BCUT2D eigenvalue weighted by Crippen LogP contribution is 2.25. The third kappa shape index (κ3) is 4.55. The number of rotatable bonds is 3. The van der Waals surface area contributed by atoms with Crippen molar-refractivity contribution in [2.24, 2.45) is 16.9 Å². The van der Waals surface area contributed by atoms with Crippen molar-refractivity contribution in [1.29, 1.82) is 0 Å². The summed E-state index contributed by atoms with van der Waals surface area (Å²) in [6.45, 7) is 8.08. The van der Waals surface area contributed by atoms with Gasteiger partial charge in [0, 0.05) is 11.3 Å². The van der Waals surface area contributed by atoms with Gasteiger partial charge in [0.2, 0.25) is 5.91 Å². The first-order valence-electron chi connectivity index (χ1n) is 4.55. The lowest BCUT2D eigenvalue weighted by Gasteiger charge is -2.20. The molecule has 13 heavy (non-hydrogen) atoms. The zero-order valence-corrected chi connectivity index (χ0v) is 8.98. The average molecular weight is 184 g/mol. The van der Waals surface area contributed by atoms with Gasteiger partial charge in [-0.3, -0.25) is 4.79 Å². The van der Waals surface area contributed by atoms with E-state index in [1.54, 1.807) is 0 Å². The van der Waals surface area contributed by atoms with E-state index < -0.39 is 5.91 Å². The summed E-state index contributed by atoms with van der Waals surface area (Å²) in [6, 6.07) is 0. The fraction of sp³-hybridized carbons (Fsp3) is 0.700. The van der Waals surface area contributed by atoms with Gasteiger partial charge in [-0.05, 0) is 18.3 Å². The molecule has 3 heteroatoms. The van der Waals surface area contributed by atoms with Crippen molar-refractivity contribution in [2.75, 3.05) is 0 Å². The molecule has 0 saturated heterocycles. The Kier molecular flexibility index (Phi) is 3.98. The van der Waals surface area contributed by atoms with Crippen molar-refractivity contribution in [3.63, 3.8) is 0 Å². The zero-order chi connectivity index (χ0) is 10.6. The van der Waals surface area contributed by atoms with E-state index in [0.29, 0.717) is 24.1 Å². The molecule has 0 aromatic heterocycles. The van der Waals surface area contributed by atoms with Gasteiger partial charge >= 0.3 is 0 Å². The standard InChI is InChI=1S/C10H20N2O/c1-5-8(11)7(9(12)13)6-10(2,3)4/h5-6,11H2,1-4H3,(H2,12,13)/b8-7+. The van der Waals surface area contributed by atoms with Crippen LogP contribution in [0.4, 0.5) is 0 Å². The Bertz CT molecular complexity index is 224. The summed E-state index contributed by atoms with van der Waals surface area (Å²) in [6.07, 6.45) is 1.32. The van der Waals surface area contributed by atoms with Gasteiger partial charge in [0.15, 0.2) is 0 Å². The highest BCUT2D eigenvalue weighted by Gasteiger charge is 2.18. The Morgan fingerprint density at radius 2 is 1.69 bits per heavy atom. The summed E-state index contributed by atoms with van der Waals surface area (Å²) < 4.78 is 0. The van der Waals surface area contributed by atoms with E-state index in [2.05, 4.69) is 20.8 Å². The quantitative estimate of drug-likeness (QED) is 0.653. The van der Waals surface area contributed by atoms with Crippen LogP contribution in [0.25, 0.3) is 0 Å². The summed E-state index contributed by atoms with van der Waals surface area (Å²) in [5, 5.41) is 0. The Morgan fingerprint density at radius 1 is 1.23 bits per heavy atom. The second-order valence-corrected chi connectivity index (χ2v) is 4.46. The molecule has 0 aromatic carbocycles. The molecule has 0 rings (SSSR count). The maximum Gasteiger partial charge on any atom is 0.246 e. The molecule has 0 aliphatic carbocycles. The molecule has 4 N–H and O–H groups in total. The number of carbonyl (C=O) groups is 1. The topological polar surface area (TPSA) is 69.1 Å². The number of carbonyl (C=O) groups excluding carboxylic acids is 1. The van der Waals surface area contributed by atoms with Crippen molar-refractivity contribution in [3.8, 4) is 0 Å². The van der Waals surface area contributed by atoms with Crippen LogP contribution < -0.4 is 11.5 Å². The van der Waals surface area contributed by atoms with Crippen molar-refractivity contribution < 1.29 is 4.79 Å². The van der Waals surface area contributed by atoms with E-state index in [4.69, 9.17) is 11.5 Å². The van der Waals surface area contributed by atoms with Crippen LogP contribution in [0.1, 0.15) is 40.5 Å². The van der Waals surface area contributed by atoms with Crippen molar-refractivity contribution in [3.05, 3.63) is 11.3 Å². The molecule has 0 atom stereocenters. The van der Waals surface area contributed by atoms with Crippen LogP contribution in [0.15, 0.2) is 11.3 Å². The summed E-state index contributed by atoms with van der Waals surface area (Å²) in [4.78, 5) is 11.1. The molecular weight excluding hydrogens is 164 g/mol. The molecule has 0 aliphatic heterocycles. The van der Waals surface area contributed by atoms with Crippen LogP contribution in [0.5, 0.6) is 0 Å². The second kappa shape index (κ2) is 4.30. The molecule has 76 valence electrons. The van der Waals surface area contributed by atoms with Crippen molar-refractivity contribution in [1.82, 2.24) is 0 Å². The van der Waals surface area contributed by atoms with E-state index >= 15 is 0 Å². The third-order valence-corrected chi connectivity index (χ3v) is 1.77. The summed E-state index contributed by atoms with van der Waals surface area (Å²) in [5.74, 6) is -0.394. The summed E-state index contributed by atoms with van der Waals surface area (Å²) in [7, 11) is 0. The predicted molar refractivity (Wildman–Crippen MR) is 54.8 cm³/mol. The summed E-state index contributed by atoms with van der Waals surface area (Å²) >= 11 is 0. The minimum atomic E-state index is -0.394. The molecule has 0 bridgehead atoms. The average Bonchev–Trinajstić information content (AvgIpc) is 1.96. The van der Waals surface area contributed by atoms with Gasteiger partial charge in [0.25, 0.3) is 0 Å². The van der Waals surface area contributed by atoms with Gasteiger partial charge in [-0.2, -0.15) is 0 Å². The number of primary amides is 1. The van der Waals surface area contributed by atoms with E-state index in [9.17, 15) is 4.79 Å². The van der Waals surface area contributed by atoms with Gasteiger partial charge in [-0.25, -0.2) is 0 Å². The largest absolute Gasteiger partial charge is 0.402 e. The van der Waals surface area contributed by atoms with Gasteiger partial charge in [-0.1, -0.05) is 27.7 Å². The minimum absolute atomic E-state index is 0.0458. The van der Waals surface area contributed by atoms with Crippen molar-refractivity contribution in [2.45, 2.75) is 40.5 Å². The normalized spacial score (nSPS) is 13.8. The molecular formula is C10H20N2O. The van der Waals surface area contributed by atoms with Crippen LogP contribution in [-0.4, -0.2) is 5.91 Å². The van der Waals surface area contributed by atoms with Gasteiger partial charge in [0.05, 0.1) is 0 Å². The lowest BCUT2D eigenvalue weighted by atomic mass is 9.86. The molecule has 1 amide bonds. The van der Waals surface area contributed by atoms with Crippen LogP contribution in [-0.2, 0) is 4.79 Å². The molecule has 0 unspecified atom stereocenters. The SMILES string of the molecule is CC/C(N)=C(/CC(C)(C)C)C(N)=O. The minimum Gasteiger partial charge on any atom is -0.402 e. The number of hydrogen-bond donors (Lipinski definition) is 2. The Hall–Kier alpha value is -0.990. The Morgan fingerprint density at radius 3 is 1.92 bits per heavy atom. The van der Waals surface area contributed by atoms with Gasteiger partial charge in [0.1, 0.15) is 0 Å². The molecule has 0 spiro atoms. The molecule has 3 nitrogen and oxygen atoms in total. The first kappa shape index (κ1) is 12.0. The molecule has 0 aliphatic rings. The molecule has 0 heterocycles. The van der Waals surface area contributed by atoms with Crippen LogP contribution in [0, 0.1) is 5.41 Å². The summed E-state index contributed by atoms with van der Waals surface area (Å²) in [5.41, 5.74) is 12.2. The Balaban J connectivity index is 4.75. The first-order valence-corrected chi connectivity index (χ1v) is 4.55. The van der Waals surface area contributed by atoms with E-state index in [-0.39, 0.29) is 5.41 Å². The number of amides is 1. The molecule has 0 saturated carbocycles. The smallest absolute Gasteiger partial charge is 0.246 e. The number of allylic oxidation sites excluding steroid dienone is 1. The van der Waals surface area contributed by atoms with Gasteiger partial charge in [-0.15, -0.1) is 0 Å². The second-order valence-electron chi connectivity index (χ2n) is 4.46. The highest BCUT2D eigenvalue weighted by molar-refractivity contribution is 5.92. The number of hydrogen-bond acceptors (Lipinski definition) is 2. The maximum atomic E-state index is 11.1. The first-order chi connectivity index (χ1) is 5.78. The zero-order valence-electron chi connectivity index (χ0n) is 8.98. The predicted octanol–water partition coefficient (Wildman–Crippen LogP) is 1.53. The Labute approximate surface area is 80.2 Å². The molecule has 0 radical (unpaired) electrons. The molecule has 0 aromatic rings. The van der Waals surface area contributed by atoms with E-state index in [0.717, 1.165) is 0 Å².